The standard InChI is InChI=1S/C25H26N2O2/c1-2-23(18-6-4-3-5-7-18)25(19-8-11-21(28)12-9-19)20-10-13-24(27-16-20)29-22-14-15-26-17-22/h3-13,16,22,26,28H,2,14-15,17H2,1H3. The fourth-order valence-electron chi connectivity index (χ4n) is 3.81. The van der Waals surface area contributed by atoms with Crippen LogP contribution in [0.5, 0.6) is 11.6 Å². The Hall–Kier alpha value is -3.11. The summed E-state index contributed by atoms with van der Waals surface area (Å²) >= 11 is 0. The Balaban J connectivity index is 1.76. The quantitative estimate of drug-likeness (QED) is 0.592. The number of aromatic nitrogens is 1. The molecule has 1 aromatic heterocycles. The molecule has 0 bridgehead atoms. The van der Waals surface area contributed by atoms with Gasteiger partial charge in [-0.3, -0.25) is 0 Å². The number of allylic oxidation sites excluding steroid dienone is 1. The van der Waals surface area contributed by atoms with Crippen molar-refractivity contribution in [1.29, 1.82) is 0 Å². The number of phenolic OH excluding ortho intramolecular Hbond substituents is 1. The lowest BCUT2D eigenvalue weighted by atomic mass is 9.89. The maximum Gasteiger partial charge on any atom is 0.213 e. The number of ether oxygens (including phenoxy) is 1. The van der Waals surface area contributed by atoms with E-state index in [2.05, 4.69) is 47.6 Å². The summed E-state index contributed by atoms with van der Waals surface area (Å²) in [7, 11) is 0. The number of nitrogens with one attached hydrogen (secondary N) is 1. The van der Waals surface area contributed by atoms with E-state index in [0.29, 0.717) is 5.88 Å². The Morgan fingerprint density at radius 2 is 1.76 bits per heavy atom. The van der Waals surface area contributed by atoms with Crippen molar-refractivity contribution >= 4 is 11.1 Å². The first-order valence-electron chi connectivity index (χ1n) is 10.2. The minimum atomic E-state index is 0.191. The Kier molecular flexibility index (Phi) is 5.92. The summed E-state index contributed by atoms with van der Waals surface area (Å²) in [6.45, 7) is 4.03. The van der Waals surface area contributed by atoms with Crippen molar-refractivity contribution < 1.29 is 9.84 Å². The van der Waals surface area contributed by atoms with Crippen molar-refractivity contribution in [2.45, 2.75) is 25.9 Å². The van der Waals surface area contributed by atoms with Crippen LogP contribution in [0.1, 0.15) is 36.5 Å². The van der Waals surface area contributed by atoms with Gasteiger partial charge in [-0.2, -0.15) is 0 Å². The summed E-state index contributed by atoms with van der Waals surface area (Å²) in [4.78, 5) is 4.58. The minimum absolute atomic E-state index is 0.191. The lowest BCUT2D eigenvalue weighted by molar-refractivity contribution is 0.214. The lowest BCUT2D eigenvalue weighted by Crippen LogP contribution is -2.20. The number of phenols is 1. The van der Waals surface area contributed by atoms with Gasteiger partial charge in [0.25, 0.3) is 0 Å². The zero-order valence-corrected chi connectivity index (χ0v) is 16.6. The number of nitrogens with zero attached hydrogens (tertiary/aromatic N) is 1. The van der Waals surface area contributed by atoms with Crippen LogP contribution in [-0.2, 0) is 0 Å². The Bertz CT molecular complexity index is 958. The molecule has 4 rings (SSSR count). The molecule has 0 aliphatic carbocycles. The first-order valence-corrected chi connectivity index (χ1v) is 10.2. The van der Waals surface area contributed by atoms with E-state index in [-0.39, 0.29) is 11.9 Å². The van der Waals surface area contributed by atoms with Gasteiger partial charge in [-0.25, -0.2) is 4.98 Å². The van der Waals surface area contributed by atoms with Gasteiger partial charge in [0.1, 0.15) is 11.9 Å². The van der Waals surface area contributed by atoms with Crippen molar-refractivity contribution in [3.8, 4) is 11.6 Å². The second-order valence-corrected chi connectivity index (χ2v) is 7.24. The van der Waals surface area contributed by atoms with Gasteiger partial charge in [0.2, 0.25) is 5.88 Å². The number of benzene rings is 2. The van der Waals surface area contributed by atoms with Crippen LogP contribution >= 0.6 is 0 Å². The zero-order valence-electron chi connectivity index (χ0n) is 16.6. The Morgan fingerprint density at radius 3 is 2.38 bits per heavy atom. The van der Waals surface area contributed by atoms with Gasteiger partial charge < -0.3 is 15.2 Å². The van der Waals surface area contributed by atoms with Crippen LogP contribution in [0, 0.1) is 0 Å². The van der Waals surface area contributed by atoms with E-state index in [1.807, 2.05) is 30.5 Å². The highest BCUT2D eigenvalue weighted by atomic mass is 16.5. The molecule has 1 saturated heterocycles. The van der Waals surface area contributed by atoms with Gasteiger partial charge in [0, 0.05) is 24.4 Å². The number of aromatic hydroxyl groups is 1. The van der Waals surface area contributed by atoms with Crippen LogP contribution in [-0.4, -0.2) is 29.3 Å². The molecule has 3 aromatic rings. The number of hydrogen-bond acceptors (Lipinski definition) is 4. The molecule has 2 N–H and O–H groups in total. The van der Waals surface area contributed by atoms with Crippen LogP contribution in [0.4, 0.5) is 0 Å². The molecule has 0 radical (unpaired) electrons. The molecular weight excluding hydrogens is 360 g/mol. The van der Waals surface area contributed by atoms with Gasteiger partial charge in [-0.15, -0.1) is 0 Å². The van der Waals surface area contributed by atoms with E-state index in [1.165, 1.54) is 11.1 Å². The summed E-state index contributed by atoms with van der Waals surface area (Å²) in [5.74, 6) is 0.920. The van der Waals surface area contributed by atoms with E-state index >= 15 is 0 Å². The molecule has 0 saturated carbocycles. The van der Waals surface area contributed by atoms with Crippen LogP contribution in [0.15, 0.2) is 72.9 Å². The summed E-state index contributed by atoms with van der Waals surface area (Å²) in [6, 6.07) is 21.8. The molecule has 4 nitrogen and oxygen atoms in total. The topological polar surface area (TPSA) is 54.4 Å². The first-order chi connectivity index (χ1) is 14.2. The average molecular weight is 386 g/mol. The molecule has 1 unspecified atom stereocenters. The van der Waals surface area contributed by atoms with E-state index in [4.69, 9.17) is 4.74 Å². The lowest BCUT2D eigenvalue weighted by Gasteiger charge is -2.17. The van der Waals surface area contributed by atoms with Crippen LogP contribution in [0.3, 0.4) is 0 Å². The molecule has 1 fully saturated rings. The molecule has 1 aliphatic heterocycles. The molecule has 29 heavy (non-hydrogen) atoms. The largest absolute Gasteiger partial charge is 0.508 e. The fraction of sp³-hybridized carbons (Fsp3) is 0.240. The third-order valence-electron chi connectivity index (χ3n) is 5.26. The van der Waals surface area contributed by atoms with Crippen LogP contribution in [0.25, 0.3) is 11.1 Å². The van der Waals surface area contributed by atoms with E-state index < -0.39 is 0 Å². The summed E-state index contributed by atoms with van der Waals surface area (Å²) < 4.78 is 5.98. The molecule has 4 heteroatoms. The molecular formula is C25H26N2O2. The monoisotopic (exact) mass is 386 g/mol. The second kappa shape index (κ2) is 8.93. The summed E-state index contributed by atoms with van der Waals surface area (Å²) in [5.41, 5.74) is 5.65. The van der Waals surface area contributed by atoms with E-state index in [0.717, 1.165) is 42.6 Å². The third-order valence-corrected chi connectivity index (χ3v) is 5.26. The van der Waals surface area contributed by atoms with Crippen LogP contribution < -0.4 is 10.1 Å². The average Bonchev–Trinajstić information content (AvgIpc) is 3.27. The smallest absolute Gasteiger partial charge is 0.213 e. The highest BCUT2D eigenvalue weighted by Crippen LogP contribution is 2.35. The highest BCUT2D eigenvalue weighted by Gasteiger charge is 2.17. The number of pyridine rings is 1. The van der Waals surface area contributed by atoms with E-state index in [9.17, 15) is 5.11 Å². The molecule has 148 valence electrons. The van der Waals surface area contributed by atoms with Crippen LogP contribution in [0.2, 0.25) is 0 Å². The highest BCUT2D eigenvalue weighted by molar-refractivity contribution is 5.98. The zero-order chi connectivity index (χ0) is 20.1. The Labute approximate surface area is 171 Å². The maximum atomic E-state index is 9.74. The molecule has 2 aromatic carbocycles. The normalized spacial score (nSPS) is 17.1. The van der Waals surface area contributed by atoms with Crippen molar-refractivity contribution in [2.24, 2.45) is 0 Å². The SMILES string of the molecule is CCC(=C(c1ccc(O)cc1)c1ccc(OC2CCNC2)nc1)c1ccccc1. The third kappa shape index (κ3) is 4.49. The summed E-state index contributed by atoms with van der Waals surface area (Å²) in [6.07, 6.45) is 3.97. The van der Waals surface area contributed by atoms with Gasteiger partial charge in [-0.05, 0) is 59.9 Å². The van der Waals surface area contributed by atoms with Gasteiger partial charge in [0.05, 0.1) is 0 Å². The van der Waals surface area contributed by atoms with Crippen molar-refractivity contribution in [3.63, 3.8) is 0 Å². The molecule has 0 amide bonds. The maximum absolute atomic E-state index is 9.74. The molecule has 2 heterocycles. The van der Waals surface area contributed by atoms with Gasteiger partial charge >= 0.3 is 0 Å². The predicted octanol–water partition coefficient (Wildman–Crippen LogP) is 4.90. The predicted molar refractivity (Wildman–Crippen MR) is 117 cm³/mol. The van der Waals surface area contributed by atoms with E-state index in [1.54, 1.807) is 12.1 Å². The van der Waals surface area contributed by atoms with Gasteiger partial charge in [-0.1, -0.05) is 49.4 Å². The second-order valence-electron chi connectivity index (χ2n) is 7.24. The minimum Gasteiger partial charge on any atom is -0.508 e. The Morgan fingerprint density at radius 1 is 1.00 bits per heavy atom. The number of rotatable bonds is 6. The fourth-order valence-corrected chi connectivity index (χ4v) is 3.81. The van der Waals surface area contributed by atoms with Crippen molar-refractivity contribution in [2.75, 3.05) is 13.1 Å². The molecule has 1 aliphatic rings. The molecule has 1 atom stereocenters. The van der Waals surface area contributed by atoms with Crippen molar-refractivity contribution in [1.82, 2.24) is 10.3 Å². The molecule has 0 spiro atoms. The number of hydrogen-bond donors (Lipinski definition) is 2. The first kappa shape index (κ1) is 19.2. The van der Waals surface area contributed by atoms with Gasteiger partial charge in [0.15, 0.2) is 0 Å². The van der Waals surface area contributed by atoms with Crippen molar-refractivity contribution in [3.05, 3.63) is 89.6 Å². The summed E-state index contributed by atoms with van der Waals surface area (Å²) in [5, 5.41) is 13.1.